The molecule has 1 aliphatic rings. The van der Waals surface area contributed by atoms with E-state index in [0.717, 1.165) is 12.8 Å². The van der Waals surface area contributed by atoms with Crippen molar-refractivity contribution in [3.8, 4) is 0 Å². The predicted molar refractivity (Wildman–Crippen MR) is 150 cm³/mol. The lowest BCUT2D eigenvalue weighted by Gasteiger charge is -2.48. The van der Waals surface area contributed by atoms with Crippen LogP contribution in [0.1, 0.15) is 181 Å². The van der Waals surface area contributed by atoms with Gasteiger partial charge in [-0.15, -0.1) is 0 Å². The topological polar surface area (TPSA) is 40.5 Å². The highest BCUT2D eigenvalue weighted by Crippen LogP contribution is 2.54. The van der Waals surface area contributed by atoms with E-state index in [0.29, 0.717) is 24.0 Å². The molecular weight excluding hydrogens is 416 g/mol. The summed E-state index contributed by atoms with van der Waals surface area (Å²) in [4.78, 5) is 0. The van der Waals surface area contributed by atoms with E-state index in [9.17, 15) is 0 Å². The van der Waals surface area contributed by atoms with Crippen LogP contribution >= 0.6 is 0 Å². The highest BCUT2D eigenvalue weighted by molar-refractivity contribution is 4.93. The van der Waals surface area contributed by atoms with E-state index in [2.05, 4.69) is 13.8 Å². The minimum Gasteiger partial charge on any atom is -0.396 e. The van der Waals surface area contributed by atoms with Gasteiger partial charge in [0.15, 0.2) is 0 Å². The van der Waals surface area contributed by atoms with E-state index in [4.69, 9.17) is 10.2 Å². The molecule has 0 spiro atoms. The Morgan fingerprint density at radius 2 is 0.647 bits per heavy atom. The van der Waals surface area contributed by atoms with E-state index in [1.54, 1.807) is 0 Å². The summed E-state index contributed by atoms with van der Waals surface area (Å²) in [6, 6.07) is 0. The molecule has 0 atom stereocenters. The Kier molecular flexibility index (Phi) is 19.8. The van der Waals surface area contributed by atoms with Gasteiger partial charge in [0.25, 0.3) is 0 Å². The minimum absolute atomic E-state index is 0.362. The Hall–Kier alpha value is -0.0800. The fourth-order valence-corrected chi connectivity index (χ4v) is 6.70. The standard InChI is InChI=1S/C32H64O2/c1-3-5-15-21-31(22-16-6-4-2)25-27-32(28-26-31,23-17-11-7-9-13-19-29-33)24-18-12-8-10-14-20-30-34/h33-34H,3-30H2,1-2H3. The summed E-state index contributed by atoms with van der Waals surface area (Å²) in [5.74, 6) is 0. The van der Waals surface area contributed by atoms with E-state index >= 15 is 0 Å². The third kappa shape index (κ3) is 14.5. The summed E-state index contributed by atoms with van der Waals surface area (Å²) < 4.78 is 0. The molecule has 0 aromatic carbocycles. The molecule has 0 amide bonds. The first kappa shape index (κ1) is 31.9. The Bertz CT molecular complexity index is 393. The van der Waals surface area contributed by atoms with Crippen LogP contribution in [0.15, 0.2) is 0 Å². The minimum atomic E-state index is 0.362. The molecule has 1 rings (SSSR count). The molecule has 204 valence electrons. The molecule has 0 aromatic rings. The second-order valence-corrected chi connectivity index (χ2v) is 12.1. The molecule has 2 heteroatoms. The zero-order chi connectivity index (χ0) is 24.8. The maximum Gasteiger partial charge on any atom is 0.0431 e. The first-order valence-electron chi connectivity index (χ1n) is 15.9. The van der Waals surface area contributed by atoms with Crippen molar-refractivity contribution in [2.24, 2.45) is 10.8 Å². The van der Waals surface area contributed by atoms with Crippen LogP contribution in [0.5, 0.6) is 0 Å². The Morgan fingerprint density at radius 1 is 0.382 bits per heavy atom. The summed E-state index contributed by atoms with van der Waals surface area (Å²) in [5.41, 5.74) is 1.30. The first-order valence-corrected chi connectivity index (χ1v) is 15.9. The van der Waals surface area contributed by atoms with Crippen molar-refractivity contribution in [1.29, 1.82) is 0 Å². The average Bonchev–Trinajstić information content (AvgIpc) is 2.85. The fourth-order valence-electron chi connectivity index (χ4n) is 6.70. The van der Waals surface area contributed by atoms with Crippen LogP contribution in [0.3, 0.4) is 0 Å². The summed E-state index contributed by atoms with van der Waals surface area (Å²) in [6.45, 7) is 5.43. The van der Waals surface area contributed by atoms with E-state index in [1.807, 2.05) is 0 Å². The largest absolute Gasteiger partial charge is 0.396 e. The number of hydrogen-bond donors (Lipinski definition) is 2. The SMILES string of the molecule is CCCCCC1(CCCCC)CCC(CCCCCCCCO)(CCCCCCCCO)CC1. The van der Waals surface area contributed by atoms with Crippen molar-refractivity contribution in [3.63, 3.8) is 0 Å². The smallest absolute Gasteiger partial charge is 0.0431 e. The number of hydrogen-bond acceptors (Lipinski definition) is 2. The van der Waals surface area contributed by atoms with Crippen molar-refractivity contribution < 1.29 is 10.2 Å². The maximum absolute atomic E-state index is 9.00. The Labute approximate surface area is 215 Å². The molecule has 0 radical (unpaired) electrons. The van der Waals surface area contributed by atoms with Crippen molar-refractivity contribution >= 4 is 0 Å². The number of aliphatic hydroxyl groups excluding tert-OH is 2. The van der Waals surface area contributed by atoms with Crippen molar-refractivity contribution in [3.05, 3.63) is 0 Å². The molecule has 2 N–H and O–H groups in total. The van der Waals surface area contributed by atoms with Gasteiger partial charge in [0.2, 0.25) is 0 Å². The fraction of sp³-hybridized carbons (Fsp3) is 1.00. The first-order chi connectivity index (χ1) is 16.7. The molecule has 0 heterocycles. The summed E-state index contributed by atoms with van der Waals surface area (Å²) in [6.07, 6.45) is 35.8. The molecule has 0 saturated heterocycles. The lowest BCUT2D eigenvalue weighted by atomic mass is 9.58. The average molecular weight is 481 g/mol. The normalized spacial score (nSPS) is 17.3. The molecule has 0 aliphatic heterocycles. The van der Waals surface area contributed by atoms with E-state index in [-0.39, 0.29) is 0 Å². The zero-order valence-electron chi connectivity index (χ0n) is 23.7. The van der Waals surface area contributed by atoms with Gasteiger partial charge in [-0.25, -0.2) is 0 Å². The number of aliphatic hydroxyl groups is 2. The maximum atomic E-state index is 9.00. The monoisotopic (exact) mass is 480 g/mol. The van der Waals surface area contributed by atoms with Crippen LogP contribution in [0.4, 0.5) is 0 Å². The van der Waals surface area contributed by atoms with Gasteiger partial charge in [-0.2, -0.15) is 0 Å². The van der Waals surface area contributed by atoms with Crippen LogP contribution in [-0.4, -0.2) is 23.4 Å². The second kappa shape index (κ2) is 21.0. The van der Waals surface area contributed by atoms with Gasteiger partial charge >= 0.3 is 0 Å². The molecule has 0 aromatic heterocycles. The third-order valence-electron chi connectivity index (χ3n) is 9.22. The van der Waals surface area contributed by atoms with Crippen molar-refractivity contribution in [2.75, 3.05) is 13.2 Å². The molecule has 1 saturated carbocycles. The Balaban J connectivity index is 2.58. The van der Waals surface area contributed by atoms with Crippen LogP contribution < -0.4 is 0 Å². The van der Waals surface area contributed by atoms with Crippen LogP contribution in [0.25, 0.3) is 0 Å². The van der Waals surface area contributed by atoms with Gasteiger partial charge in [0.05, 0.1) is 0 Å². The zero-order valence-corrected chi connectivity index (χ0v) is 23.7. The molecular formula is C32H64O2. The summed E-state index contributed by atoms with van der Waals surface area (Å²) >= 11 is 0. The van der Waals surface area contributed by atoms with Crippen LogP contribution in [0, 0.1) is 10.8 Å². The highest BCUT2D eigenvalue weighted by atomic mass is 16.3. The van der Waals surface area contributed by atoms with Gasteiger partial charge in [0, 0.05) is 13.2 Å². The quantitative estimate of drug-likeness (QED) is 0.135. The summed E-state index contributed by atoms with van der Waals surface area (Å²) in [7, 11) is 0. The van der Waals surface area contributed by atoms with Crippen molar-refractivity contribution in [1.82, 2.24) is 0 Å². The lowest BCUT2D eigenvalue weighted by Crippen LogP contribution is -2.35. The van der Waals surface area contributed by atoms with Crippen molar-refractivity contribution in [2.45, 2.75) is 181 Å². The Morgan fingerprint density at radius 3 is 0.941 bits per heavy atom. The van der Waals surface area contributed by atoms with Crippen LogP contribution in [-0.2, 0) is 0 Å². The highest BCUT2D eigenvalue weighted by Gasteiger charge is 2.41. The van der Waals surface area contributed by atoms with E-state index < -0.39 is 0 Å². The summed E-state index contributed by atoms with van der Waals surface area (Å²) in [5, 5.41) is 18.0. The number of rotatable bonds is 24. The molecule has 1 fully saturated rings. The molecule has 0 unspecified atom stereocenters. The third-order valence-corrected chi connectivity index (χ3v) is 9.22. The molecule has 34 heavy (non-hydrogen) atoms. The molecule has 0 bridgehead atoms. The van der Waals surface area contributed by atoms with Gasteiger partial charge in [0.1, 0.15) is 0 Å². The van der Waals surface area contributed by atoms with Crippen LogP contribution in [0.2, 0.25) is 0 Å². The van der Waals surface area contributed by atoms with Gasteiger partial charge < -0.3 is 10.2 Å². The van der Waals surface area contributed by atoms with E-state index in [1.165, 1.54) is 154 Å². The number of unbranched alkanes of at least 4 members (excludes halogenated alkanes) is 14. The van der Waals surface area contributed by atoms with Gasteiger partial charge in [-0.3, -0.25) is 0 Å². The molecule has 2 nitrogen and oxygen atoms in total. The second-order valence-electron chi connectivity index (χ2n) is 12.1. The van der Waals surface area contributed by atoms with Gasteiger partial charge in [-0.1, -0.05) is 117 Å². The van der Waals surface area contributed by atoms with Gasteiger partial charge in [-0.05, 0) is 75.0 Å². The molecule has 1 aliphatic carbocycles. The lowest BCUT2D eigenvalue weighted by molar-refractivity contribution is 0.0418. The predicted octanol–water partition coefficient (Wildman–Crippen LogP) is 10.1.